The van der Waals surface area contributed by atoms with Gasteiger partial charge in [-0.2, -0.15) is 0 Å². The normalized spacial score (nSPS) is 13.0. The molecule has 0 aliphatic heterocycles. The van der Waals surface area contributed by atoms with Gasteiger partial charge in [0.2, 0.25) is 0 Å². The number of hydrogen-bond donors (Lipinski definition) is 3. The molecule has 3 N–H and O–H groups in total. The maximum absolute atomic E-state index is 9.99. The van der Waals surface area contributed by atoms with E-state index in [2.05, 4.69) is 9.98 Å². The van der Waals surface area contributed by atoms with Crippen molar-refractivity contribution in [3.05, 3.63) is 57.6 Å². The fourth-order valence-corrected chi connectivity index (χ4v) is 2.46. The highest BCUT2D eigenvalue weighted by Crippen LogP contribution is 2.21. The molecule has 0 radical (unpaired) electrons. The first-order valence-corrected chi connectivity index (χ1v) is 8.56. The van der Waals surface area contributed by atoms with Crippen LogP contribution in [-0.4, -0.2) is 46.9 Å². The van der Waals surface area contributed by atoms with Gasteiger partial charge in [0, 0.05) is 23.6 Å². The number of aliphatic hydroxyl groups excluding tert-OH is 1. The van der Waals surface area contributed by atoms with Crippen LogP contribution in [0.15, 0.2) is 34.3 Å². The van der Waals surface area contributed by atoms with E-state index >= 15 is 0 Å². The Balaban J connectivity index is 1.92. The molecular formula is C21H26N2O3. The lowest BCUT2D eigenvalue weighted by atomic mass is 10.1. The molecule has 0 saturated carbocycles. The average Bonchev–Trinajstić information content (AvgIpc) is 2.57. The fourth-order valence-electron chi connectivity index (χ4n) is 2.46. The SMILES string of the molecule is Cc1cc(O)c(C=NCC(O)CN=Cc2cc(C)c(C)cc2O)cc1C. The highest BCUT2D eigenvalue weighted by molar-refractivity contribution is 5.84. The molecule has 5 heteroatoms. The summed E-state index contributed by atoms with van der Waals surface area (Å²) in [5.74, 6) is 0.351. The lowest BCUT2D eigenvalue weighted by molar-refractivity contribution is 0.193. The summed E-state index contributed by atoms with van der Waals surface area (Å²) in [6, 6.07) is 7.13. The van der Waals surface area contributed by atoms with Gasteiger partial charge >= 0.3 is 0 Å². The van der Waals surface area contributed by atoms with Crippen molar-refractivity contribution in [2.75, 3.05) is 13.1 Å². The second-order valence-electron chi connectivity index (χ2n) is 6.63. The van der Waals surface area contributed by atoms with Gasteiger partial charge in [0.1, 0.15) is 11.5 Å². The highest BCUT2D eigenvalue weighted by atomic mass is 16.3. The van der Waals surface area contributed by atoms with Crippen LogP contribution in [0.5, 0.6) is 11.5 Å². The van der Waals surface area contributed by atoms with Gasteiger partial charge < -0.3 is 15.3 Å². The first kappa shape index (κ1) is 19.7. The van der Waals surface area contributed by atoms with E-state index in [1.54, 1.807) is 24.6 Å². The predicted octanol–water partition coefficient (Wildman–Crippen LogP) is 3.23. The van der Waals surface area contributed by atoms with Crippen LogP contribution in [0.3, 0.4) is 0 Å². The molecule has 2 aromatic rings. The lowest BCUT2D eigenvalue weighted by Crippen LogP contribution is -2.15. The maximum atomic E-state index is 9.99. The number of benzene rings is 2. The number of rotatable bonds is 6. The van der Waals surface area contributed by atoms with Crippen LogP contribution in [-0.2, 0) is 0 Å². The number of aromatic hydroxyl groups is 2. The predicted molar refractivity (Wildman–Crippen MR) is 106 cm³/mol. The van der Waals surface area contributed by atoms with Crippen LogP contribution in [0.25, 0.3) is 0 Å². The molecule has 0 heterocycles. The lowest BCUT2D eigenvalue weighted by Gasteiger charge is -2.07. The van der Waals surface area contributed by atoms with Gasteiger partial charge in [0.05, 0.1) is 19.2 Å². The Hall–Kier alpha value is -2.66. The average molecular weight is 354 g/mol. The molecule has 0 aliphatic rings. The van der Waals surface area contributed by atoms with Gasteiger partial charge in [-0.3, -0.25) is 9.98 Å². The molecule has 0 spiro atoms. The third-order valence-electron chi connectivity index (χ3n) is 4.38. The van der Waals surface area contributed by atoms with E-state index < -0.39 is 6.10 Å². The van der Waals surface area contributed by atoms with Gasteiger partial charge in [0.25, 0.3) is 0 Å². The van der Waals surface area contributed by atoms with Gasteiger partial charge in [-0.05, 0) is 74.2 Å². The first-order valence-electron chi connectivity index (χ1n) is 8.56. The summed E-state index contributed by atoms with van der Waals surface area (Å²) in [6.07, 6.45) is 2.39. The third-order valence-corrected chi connectivity index (χ3v) is 4.38. The second-order valence-corrected chi connectivity index (χ2v) is 6.63. The number of aryl methyl sites for hydroxylation is 4. The minimum atomic E-state index is -0.732. The number of phenols is 2. The maximum Gasteiger partial charge on any atom is 0.124 e. The van der Waals surface area contributed by atoms with Crippen LogP contribution >= 0.6 is 0 Å². The minimum absolute atomic E-state index is 0.176. The van der Waals surface area contributed by atoms with E-state index in [4.69, 9.17) is 0 Å². The highest BCUT2D eigenvalue weighted by Gasteiger charge is 2.05. The van der Waals surface area contributed by atoms with Crippen LogP contribution in [0.2, 0.25) is 0 Å². The van der Waals surface area contributed by atoms with Crippen LogP contribution < -0.4 is 0 Å². The Bertz CT molecular complexity index is 772. The van der Waals surface area contributed by atoms with Crippen molar-refractivity contribution in [2.45, 2.75) is 33.8 Å². The van der Waals surface area contributed by atoms with E-state index in [-0.39, 0.29) is 24.6 Å². The number of aliphatic imine (C=N–C) groups is 2. The Kier molecular flexibility index (Phi) is 6.52. The zero-order valence-electron chi connectivity index (χ0n) is 15.7. The monoisotopic (exact) mass is 354 g/mol. The molecular weight excluding hydrogens is 328 g/mol. The Labute approximate surface area is 154 Å². The molecule has 0 aromatic heterocycles. The van der Waals surface area contributed by atoms with Crippen LogP contribution in [0, 0.1) is 27.7 Å². The van der Waals surface area contributed by atoms with E-state index in [0.717, 1.165) is 22.3 Å². The summed E-state index contributed by atoms with van der Waals surface area (Å²) in [5, 5.41) is 29.8. The zero-order valence-corrected chi connectivity index (χ0v) is 15.7. The Morgan fingerprint density at radius 3 is 1.46 bits per heavy atom. The summed E-state index contributed by atoms with van der Waals surface area (Å²) < 4.78 is 0. The molecule has 0 amide bonds. The number of hydrogen-bond acceptors (Lipinski definition) is 5. The molecule has 2 rings (SSSR count). The smallest absolute Gasteiger partial charge is 0.124 e. The third kappa shape index (κ3) is 5.17. The quantitative estimate of drug-likeness (QED) is 0.696. The van der Waals surface area contributed by atoms with Crippen molar-refractivity contribution in [3.8, 4) is 11.5 Å². The number of phenolic OH excluding ortho intramolecular Hbond substituents is 2. The molecule has 0 fully saturated rings. The number of nitrogens with zero attached hydrogens (tertiary/aromatic N) is 2. The molecule has 26 heavy (non-hydrogen) atoms. The summed E-state index contributed by atoms with van der Waals surface area (Å²) in [4.78, 5) is 8.37. The molecule has 0 saturated heterocycles. The fraction of sp³-hybridized carbons (Fsp3) is 0.333. The van der Waals surface area contributed by atoms with Gasteiger partial charge in [-0.25, -0.2) is 0 Å². The van der Waals surface area contributed by atoms with Gasteiger partial charge in [-0.15, -0.1) is 0 Å². The van der Waals surface area contributed by atoms with E-state index in [9.17, 15) is 15.3 Å². The summed E-state index contributed by atoms with van der Waals surface area (Å²) in [7, 11) is 0. The molecule has 0 atom stereocenters. The molecule has 2 aromatic carbocycles. The minimum Gasteiger partial charge on any atom is -0.507 e. The van der Waals surface area contributed by atoms with Crippen LogP contribution in [0.1, 0.15) is 33.4 Å². The molecule has 138 valence electrons. The van der Waals surface area contributed by atoms with Gasteiger partial charge in [-0.1, -0.05) is 0 Å². The second kappa shape index (κ2) is 8.63. The van der Waals surface area contributed by atoms with Crippen molar-refractivity contribution in [2.24, 2.45) is 9.98 Å². The molecule has 0 bridgehead atoms. The van der Waals surface area contributed by atoms with E-state index in [0.29, 0.717) is 11.1 Å². The largest absolute Gasteiger partial charge is 0.507 e. The van der Waals surface area contributed by atoms with E-state index in [1.165, 1.54) is 0 Å². The summed E-state index contributed by atoms with van der Waals surface area (Å²) >= 11 is 0. The molecule has 5 nitrogen and oxygen atoms in total. The van der Waals surface area contributed by atoms with Gasteiger partial charge in [0.15, 0.2) is 0 Å². The van der Waals surface area contributed by atoms with Crippen molar-refractivity contribution >= 4 is 12.4 Å². The standard InChI is InChI=1S/C21H26N2O3/c1-13-5-17(20(25)7-15(13)3)9-22-11-19(24)12-23-10-18-6-14(2)16(4)8-21(18)26/h5-10,19,24-26H,11-12H2,1-4H3. The van der Waals surface area contributed by atoms with Crippen molar-refractivity contribution in [1.29, 1.82) is 0 Å². The van der Waals surface area contributed by atoms with Crippen LogP contribution in [0.4, 0.5) is 0 Å². The molecule has 0 aliphatic carbocycles. The number of aliphatic hydroxyl groups is 1. The zero-order chi connectivity index (χ0) is 19.3. The molecule has 0 unspecified atom stereocenters. The van der Waals surface area contributed by atoms with E-state index in [1.807, 2.05) is 39.8 Å². The first-order chi connectivity index (χ1) is 12.3. The van der Waals surface area contributed by atoms with Crippen molar-refractivity contribution in [3.63, 3.8) is 0 Å². The van der Waals surface area contributed by atoms with Crippen molar-refractivity contribution < 1.29 is 15.3 Å². The summed E-state index contributed by atoms with van der Waals surface area (Å²) in [6.45, 7) is 8.18. The topological polar surface area (TPSA) is 85.4 Å². The Morgan fingerprint density at radius 1 is 0.731 bits per heavy atom. The summed E-state index contributed by atoms with van der Waals surface area (Å²) in [5.41, 5.74) is 5.44. The Morgan fingerprint density at radius 2 is 1.08 bits per heavy atom. The van der Waals surface area contributed by atoms with Crippen molar-refractivity contribution in [1.82, 2.24) is 0 Å².